The number of hydrogen-bond acceptors (Lipinski definition) is 5. The third-order valence-electron chi connectivity index (χ3n) is 3.86. The topological polar surface area (TPSA) is 85.9 Å². The quantitative estimate of drug-likeness (QED) is 0.694. The van der Waals surface area contributed by atoms with Crippen LogP contribution in [-0.2, 0) is 11.3 Å². The molecule has 8 nitrogen and oxygen atoms in total. The van der Waals surface area contributed by atoms with E-state index in [0.29, 0.717) is 24.1 Å². The second kappa shape index (κ2) is 6.61. The van der Waals surface area contributed by atoms with Crippen LogP contribution in [0.4, 0.5) is 0 Å². The van der Waals surface area contributed by atoms with Crippen LogP contribution in [-0.4, -0.2) is 48.7 Å². The smallest absolute Gasteiger partial charge is 0.281 e. The van der Waals surface area contributed by atoms with Crippen LogP contribution in [0, 0.1) is 0 Å². The minimum atomic E-state index is -0.373. The van der Waals surface area contributed by atoms with E-state index in [9.17, 15) is 9.59 Å². The van der Waals surface area contributed by atoms with E-state index in [2.05, 4.69) is 15.4 Å². The number of amides is 1. The molecular weight excluding hydrogens is 308 g/mol. The molecule has 0 aliphatic rings. The van der Waals surface area contributed by atoms with Gasteiger partial charge >= 0.3 is 0 Å². The lowest BCUT2D eigenvalue weighted by atomic mass is 10.3. The minimum Gasteiger partial charge on any atom is -0.342 e. The van der Waals surface area contributed by atoms with Crippen molar-refractivity contribution in [2.45, 2.75) is 20.4 Å². The van der Waals surface area contributed by atoms with Crippen LogP contribution in [0.2, 0.25) is 0 Å². The van der Waals surface area contributed by atoms with E-state index >= 15 is 0 Å². The van der Waals surface area contributed by atoms with Gasteiger partial charge in [0.1, 0.15) is 11.9 Å². The molecular formula is C16H18N6O2. The molecule has 3 rings (SSSR count). The van der Waals surface area contributed by atoms with E-state index in [1.54, 1.807) is 9.58 Å². The maximum Gasteiger partial charge on any atom is 0.281 e. The molecule has 0 bridgehead atoms. The molecule has 2 heterocycles. The molecule has 0 atom stereocenters. The van der Waals surface area contributed by atoms with Gasteiger partial charge in [-0.15, -0.1) is 5.10 Å². The average molecular weight is 326 g/mol. The maximum absolute atomic E-state index is 12.5. The third-order valence-corrected chi connectivity index (χ3v) is 3.86. The van der Waals surface area contributed by atoms with Crippen molar-refractivity contribution in [2.24, 2.45) is 0 Å². The van der Waals surface area contributed by atoms with E-state index in [-0.39, 0.29) is 18.0 Å². The van der Waals surface area contributed by atoms with Crippen molar-refractivity contribution in [2.75, 3.05) is 13.1 Å². The van der Waals surface area contributed by atoms with Crippen LogP contribution in [0.3, 0.4) is 0 Å². The van der Waals surface area contributed by atoms with Crippen LogP contribution in [0.5, 0.6) is 0 Å². The molecule has 1 amide bonds. The summed E-state index contributed by atoms with van der Waals surface area (Å²) in [5.74, 6) is -0.161. The van der Waals surface area contributed by atoms with Crippen LogP contribution < -0.4 is 5.56 Å². The number of carbonyl (C=O) groups is 1. The van der Waals surface area contributed by atoms with E-state index in [0.717, 1.165) is 10.4 Å². The van der Waals surface area contributed by atoms with E-state index < -0.39 is 0 Å². The molecule has 0 saturated carbocycles. The Morgan fingerprint density at radius 1 is 1.17 bits per heavy atom. The Kier molecular flexibility index (Phi) is 4.37. The third kappa shape index (κ3) is 2.78. The summed E-state index contributed by atoms with van der Waals surface area (Å²) in [5.41, 5.74) is 0.790. The van der Waals surface area contributed by atoms with Gasteiger partial charge < -0.3 is 4.90 Å². The summed E-state index contributed by atoms with van der Waals surface area (Å²) in [4.78, 5) is 26.4. The summed E-state index contributed by atoms with van der Waals surface area (Å²) in [5, 5.41) is 12.5. The SMILES string of the molecule is CCN(CC)C(=O)Cn1nnc2c(cnn2-c2ccccc2)c1=O. The second-order valence-electron chi connectivity index (χ2n) is 5.25. The Morgan fingerprint density at radius 2 is 1.88 bits per heavy atom. The zero-order valence-electron chi connectivity index (χ0n) is 13.6. The molecule has 24 heavy (non-hydrogen) atoms. The van der Waals surface area contributed by atoms with Crippen molar-refractivity contribution in [1.29, 1.82) is 0 Å². The predicted molar refractivity (Wildman–Crippen MR) is 88.8 cm³/mol. The fourth-order valence-electron chi connectivity index (χ4n) is 2.53. The second-order valence-corrected chi connectivity index (χ2v) is 5.25. The average Bonchev–Trinajstić information content (AvgIpc) is 3.04. The molecule has 0 unspecified atom stereocenters. The zero-order valence-corrected chi connectivity index (χ0v) is 13.6. The Morgan fingerprint density at radius 3 is 2.54 bits per heavy atom. The number of benzene rings is 1. The number of hydrogen-bond donors (Lipinski definition) is 0. The highest BCUT2D eigenvalue weighted by Crippen LogP contribution is 2.12. The molecule has 124 valence electrons. The predicted octanol–water partition coefficient (Wildman–Crippen LogP) is 0.846. The van der Waals surface area contributed by atoms with Gasteiger partial charge in [-0.05, 0) is 26.0 Å². The lowest BCUT2D eigenvalue weighted by Gasteiger charge is -2.18. The number of para-hydroxylation sites is 1. The first kappa shape index (κ1) is 15.9. The number of carbonyl (C=O) groups excluding carboxylic acids is 1. The largest absolute Gasteiger partial charge is 0.342 e. The van der Waals surface area contributed by atoms with Gasteiger partial charge in [-0.25, -0.2) is 9.36 Å². The van der Waals surface area contributed by atoms with Gasteiger partial charge in [0.25, 0.3) is 5.56 Å². The van der Waals surface area contributed by atoms with Crippen LogP contribution in [0.25, 0.3) is 16.7 Å². The molecule has 3 aromatic rings. The van der Waals surface area contributed by atoms with E-state index in [4.69, 9.17) is 0 Å². The fourth-order valence-corrected chi connectivity index (χ4v) is 2.53. The van der Waals surface area contributed by atoms with Gasteiger partial charge in [0.15, 0.2) is 5.65 Å². The molecule has 8 heteroatoms. The van der Waals surface area contributed by atoms with Crippen LogP contribution >= 0.6 is 0 Å². The first-order valence-electron chi connectivity index (χ1n) is 7.80. The van der Waals surface area contributed by atoms with Gasteiger partial charge in [0.2, 0.25) is 5.91 Å². The Hall–Kier alpha value is -3.03. The Balaban J connectivity index is 1.98. The Labute approximate surface area is 138 Å². The lowest BCUT2D eigenvalue weighted by molar-refractivity contribution is -0.131. The lowest BCUT2D eigenvalue weighted by Crippen LogP contribution is -2.37. The Bertz CT molecular complexity index is 911. The fraction of sp³-hybridized carbons (Fsp3) is 0.312. The van der Waals surface area contributed by atoms with Gasteiger partial charge in [-0.3, -0.25) is 9.59 Å². The molecule has 0 aliphatic carbocycles. The first-order chi connectivity index (χ1) is 11.7. The van der Waals surface area contributed by atoms with Gasteiger partial charge in [-0.2, -0.15) is 5.10 Å². The van der Waals surface area contributed by atoms with E-state index in [1.165, 1.54) is 6.20 Å². The number of likely N-dealkylation sites (N-methyl/N-ethyl adjacent to an activating group) is 1. The van der Waals surface area contributed by atoms with Crippen molar-refractivity contribution in [1.82, 2.24) is 29.7 Å². The van der Waals surface area contributed by atoms with Gasteiger partial charge in [0.05, 0.1) is 11.9 Å². The summed E-state index contributed by atoms with van der Waals surface area (Å²) in [6, 6.07) is 9.38. The highest BCUT2D eigenvalue weighted by molar-refractivity contribution is 5.77. The molecule has 0 radical (unpaired) electrons. The monoisotopic (exact) mass is 326 g/mol. The van der Waals surface area contributed by atoms with Crippen LogP contribution in [0.15, 0.2) is 41.3 Å². The minimum absolute atomic E-state index is 0.125. The normalized spacial score (nSPS) is 10.9. The zero-order chi connectivity index (χ0) is 17.1. The molecule has 0 spiro atoms. The molecule has 2 aromatic heterocycles. The summed E-state index contributed by atoms with van der Waals surface area (Å²) < 4.78 is 2.64. The van der Waals surface area contributed by atoms with Crippen molar-refractivity contribution in [3.63, 3.8) is 0 Å². The van der Waals surface area contributed by atoms with Crippen molar-refractivity contribution < 1.29 is 4.79 Å². The molecule has 0 saturated heterocycles. The van der Waals surface area contributed by atoms with E-state index in [1.807, 2.05) is 44.2 Å². The summed E-state index contributed by atoms with van der Waals surface area (Å²) in [6.07, 6.45) is 1.46. The highest BCUT2D eigenvalue weighted by atomic mass is 16.2. The maximum atomic E-state index is 12.5. The number of fused-ring (bicyclic) bond motifs is 1. The number of aromatic nitrogens is 5. The van der Waals surface area contributed by atoms with Gasteiger partial charge in [0, 0.05) is 13.1 Å². The summed E-state index contributed by atoms with van der Waals surface area (Å²) in [6.45, 7) is 4.84. The molecule has 0 fully saturated rings. The summed E-state index contributed by atoms with van der Waals surface area (Å²) in [7, 11) is 0. The van der Waals surface area contributed by atoms with Crippen LogP contribution in [0.1, 0.15) is 13.8 Å². The van der Waals surface area contributed by atoms with Crippen molar-refractivity contribution in [3.8, 4) is 5.69 Å². The standard InChI is InChI=1S/C16H18N6O2/c1-3-20(4-2)14(23)11-21-16(24)13-10-17-22(15(13)18-19-21)12-8-6-5-7-9-12/h5-10H,3-4,11H2,1-2H3. The highest BCUT2D eigenvalue weighted by Gasteiger charge is 2.16. The molecule has 1 aromatic carbocycles. The number of rotatable bonds is 5. The molecule has 0 aliphatic heterocycles. The first-order valence-corrected chi connectivity index (χ1v) is 7.80. The summed E-state index contributed by atoms with van der Waals surface area (Å²) >= 11 is 0. The van der Waals surface area contributed by atoms with Gasteiger partial charge in [-0.1, -0.05) is 23.4 Å². The van der Waals surface area contributed by atoms with Crippen molar-refractivity contribution >= 4 is 16.9 Å². The molecule has 0 N–H and O–H groups in total. The van der Waals surface area contributed by atoms with Crippen molar-refractivity contribution in [3.05, 3.63) is 46.9 Å². The number of nitrogens with zero attached hydrogens (tertiary/aromatic N) is 6.